The summed E-state index contributed by atoms with van der Waals surface area (Å²) in [4.78, 5) is 37.9. The minimum Gasteiger partial charge on any atom is -0.480 e. The topological polar surface area (TPSA) is 108 Å². The number of ether oxygens (including phenoxy) is 1. The summed E-state index contributed by atoms with van der Waals surface area (Å²) in [5.41, 5.74) is 3.30. The highest BCUT2D eigenvalue weighted by molar-refractivity contribution is 7.99. The van der Waals surface area contributed by atoms with E-state index in [9.17, 15) is 4.79 Å². The zero-order valence-corrected chi connectivity index (χ0v) is 22.0. The van der Waals surface area contributed by atoms with Crippen LogP contribution in [0.4, 0.5) is 5.82 Å². The van der Waals surface area contributed by atoms with Crippen LogP contribution in [0, 0.1) is 0 Å². The van der Waals surface area contributed by atoms with Gasteiger partial charge in [-0.1, -0.05) is 19.1 Å². The number of rotatable bonds is 9. The number of benzene rings is 1. The fraction of sp³-hybridized carbons (Fsp3) is 0.407. The number of hydrogen-bond donors (Lipinski definition) is 1. The third-order valence-corrected chi connectivity index (χ3v) is 7.92. The number of thioether (sulfide) groups is 1. The average Bonchev–Trinajstić information content (AvgIpc) is 3.85. The van der Waals surface area contributed by atoms with Gasteiger partial charge in [0, 0.05) is 22.9 Å². The van der Waals surface area contributed by atoms with Gasteiger partial charge in [0.2, 0.25) is 5.88 Å². The van der Waals surface area contributed by atoms with Crippen molar-refractivity contribution in [2.75, 3.05) is 18.2 Å². The van der Waals surface area contributed by atoms with Crippen LogP contribution in [0.2, 0.25) is 0 Å². The van der Waals surface area contributed by atoms with E-state index in [4.69, 9.17) is 9.72 Å². The third kappa shape index (κ3) is 4.54. The van der Waals surface area contributed by atoms with Crippen molar-refractivity contribution in [1.82, 2.24) is 29.5 Å². The first-order valence-electron chi connectivity index (χ1n) is 12.7. The van der Waals surface area contributed by atoms with Crippen LogP contribution in [0.15, 0.2) is 46.5 Å². The van der Waals surface area contributed by atoms with Gasteiger partial charge in [-0.3, -0.25) is 9.36 Å². The van der Waals surface area contributed by atoms with E-state index in [0.717, 1.165) is 42.7 Å². The summed E-state index contributed by atoms with van der Waals surface area (Å²) in [6, 6.07) is 8.37. The Labute approximate surface area is 219 Å². The SMILES string of the molecule is CCSc1ccc(CNc2nc3cnc(-c4c(OC)ncnc4C4CC4)nc3n(C3(C)CC3)c2=O)cc1. The maximum Gasteiger partial charge on any atom is 0.295 e. The molecule has 0 atom stereocenters. The van der Waals surface area contributed by atoms with Crippen molar-refractivity contribution in [2.24, 2.45) is 0 Å². The minimum atomic E-state index is -0.296. The summed E-state index contributed by atoms with van der Waals surface area (Å²) < 4.78 is 7.34. The summed E-state index contributed by atoms with van der Waals surface area (Å²) in [5.74, 6) is 2.60. The van der Waals surface area contributed by atoms with E-state index >= 15 is 0 Å². The van der Waals surface area contributed by atoms with E-state index < -0.39 is 0 Å². The van der Waals surface area contributed by atoms with E-state index in [1.807, 2.05) is 0 Å². The molecule has 0 aliphatic heterocycles. The van der Waals surface area contributed by atoms with Gasteiger partial charge in [0.1, 0.15) is 17.4 Å². The van der Waals surface area contributed by atoms with Crippen LogP contribution < -0.4 is 15.6 Å². The van der Waals surface area contributed by atoms with Gasteiger partial charge in [-0.05, 0) is 56.1 Å². The lowest BCUT2D eigenvalue weighted by molar-refractivity contribution is 0.397. The monoisotopic (exact) mass is 515 g/mol. The molecule has 10 heteroatoms. The Morgan fingerprint density at radius 3 is 2.59 bits per heavy atom. The Bertz CT molecular complexity index is 1530. The quantitative estimate of drug-likeness (QED) is 0.316. The van der Waals surface area contributed by atoms with E-state index in [1.165, 1.54) is 11.2 Å². The normalized spacial score (nSPS) is 16.1. The van der Waals surface area contributed by atoms with Crippen LogP contribution in [0.1, 0.15) is 56.7 Å². The fourth-order valence-corrected chi connectivity index (χ4v) is 5.25. The van der Waals surface area contributed by atoms with Gasteiger partial charge < -0.3 is 10.1 Å². The average molecular weight is 516 g/mol. The molecule has 2 aliphatic carbocycles. The van der Waals surface area contributed by atoms with E-state index in [-0.39, 0.29) is 11.1 Å². The highest BCUT2D eigenvalue weighted by atomic mass is 32.2. The lowest BCUT2D eigenvalue weighted by Crippen LogP contribution is -2.32. The molecule has 3 heterocycles. The molecule has 2 saturated carbocycles. The number of methoxy groups -OCH3 is 1. The van der Waals surface area contributed by atoms with Gasteiger partial charge >= 0.3 is 0 Å². The summed E-state index contributed by atoms with van der Waals surface area (Å²) >= 11 is 1.81. The fourth-order valence-electron chi connectivity index (χ4n) is 4.59. The predicted molar refractivity (Wildman–Crippen MR) is 144 cm³/mol. The zero-order valence-electron chi connectivity index (χ0n) is 21.2. The Morgan fingerprint density at radius 1 is 1.14 bits per heavy atom. The van der Waals surface area contributed by atoms with E-state index in [0.29, 0.717) is 46.7 Å². The molecule has 0 bridgehead atoms. The van der Waals surface area contributed by atoms with Crippen molar-refractivity contribution in [2.45, 2.75) is 62.4 Å². The molecule has 1 aromatic carbocycles. The second-order valence-corrected chi connectivity index (χ2v) is 11.2. The summed E-state index contributed by atoms with van der Waals surface area (Å²) in [6.45, 7) is 4.73. The molecule has 2 aliphatic rings. The van der Waals surface area contributed by atoms with Crippen LogP contribution >= 0.6 is 11.8 Å². The zero-order chi connectivity index (χ0) is 25.6. The van der Waals surface area contributed by atoms with Gasteiger partial charge in [-0.25, -0.2) is 24.9 Å². The van der Waals surface area contributed by atoms with Gasteiger partial charge in [-0.15, -0.1) is 11.8 Å². The minimum absolute atomic E-state index is 0.172. The summed E-state index contributed by atoms with van der Waals surface area (Å²) in [7, 11) is 1.58. The standard InChI is InChI=1S/C27H29N7O2S/c1-4-37-18-9-5-16(6-10-18)13-28-23-26(35)34(27(2)11-12-27)24-19(32-23)14-29-22(33-24)20-21(17-7-8-17)30-15-31-25(20)36-3/h5-6,9-10,14-15,17H,4,7-8,11-13H2,1-3H3,(H,28,32). The molecular weight excluding hydrogens is 486 g/mol. The maximum absolute atomic E-state index is 13.7. The Balaban J connectivity index is 1.41. The predicted octanol–water partition coefficient (Wildman–Crippen LogP) is 4.76. The molecule has 0 spiro atoms. The molecular formula is C27H29N7O2S. The summed E-state index contributed by atoms with van der Waals surface area (Å²) in [5, 5.41) is 3.26. The maximum atomic E-state index is 13.7. The Morgan fingerprint density at radius 2 is 1.92 bits per heavy atom. The molecule has 4 aromatic rings. The first kappa shape index (κ1) is 23.8. The van der Waals surface area contributed by atoms with Gasteiger partial charge in [0.25, 0.3) is 5.56 Å². The molecule has 6 rings (SSSR count). The molecule has 0 unspecified atom stereocenters. The van der Waals surface area contributed by atoms with E-state index in [2.05, 4.69) is 63.4 Å². The van der Waals surface area contributed by atoms with Crippen LogP contribution in [0.5, 0.6) is 5.88 Å². The largest absolute Gasteiger partial charge is 0.480 e. The highest BCUT2D eigenvalue weighted by Crippen LogP contribution is 2.46. The van der Waals surface area contributed by atoms with Crippen molar-refractivity contribution in [3.63, 3.8) is 0 Å². The molecule has 0 amide bonds. The van der Waals surface area contributed by atoms with Crippen LogP contribution in [0.25, 0.3) is 22.6 Å². The van der Waals surface area contributed by atoms with Gasteiger partial charge in [-0.2, -0.15) is 0 Å². The van der Waals surface area contributed by atoms with Crippen molar-refractivity contribution >= 4 is 28.7 Å². The lowest BCUT2D eigenvalue weighted by Gasteiger charge is -2.18. The second kappa shape index (κ2) is 9.41. The van der Waals surface area contributed by atoms with Gasteiger partial charge in [0.15, 0.2) is 17.3 Å². The summed E-state index contributed by atoms with van der Waals surface area (Å²) in [6.07, 6.45) is 7.16. The number of fused-ring (bicyclic) bond motifs is 1. The van der Waals surface area contributed by atoms with Crippen LogP contribution in [0.3, 0.4) is 0 Å². The first-order valence-corrected chi connectivity index (χ1v) is 13.6. The molecule has 1 N–H and O–H groups in total. The molecule has 9 nitrogen and oxygen atoms in total. The Kier molecular flexibility index (Phi) is 6.06. The molecule has 0 saturated heterocycles. The first-order chi connectivity index (χ1) is 18.0. The van der Waals surface area contributed by atoms with Crippen LogP contribution in [-0.2, 0) is 12.1 Å². The van der Waals surface area contributed by atoms with Crippen molar-refractivity contribution < 1.29 is 4.74 Å². The number of anilines is 1. The number of nitrogens with one attached hydrogen (secondary N) is 1. The van der Waals surface area contributed by atoms with Crippen molar-refractivity contribution in [3.8, 4) is 17.3 Å². The smallest absolute Gasteiger partial charge is 0.295 e. The lowest BCUT2D eigenvalue weighted by atomic mass is 10.1. The Hall–Kier alpha value is -3.53. The molecule has 0 radical (unpaired) electrons. The van der Waals surface area contributed by atoms with Crippen LogP contribution in [-0.4, -0.2) is 42.3 Å². The highest BCUT2D eigenvalue weighted by Gasteiger charge is 2.42. The van der Waals surface area contributed by atoms with Crippen molar-refractivity contribution in [3.05, 3.63) is 58.4 Å². The van der Waals surface area contributed by atoms with Gasteiger partial charge in [0.05, 0.1) is 19.0 Å². The third-order valence-electron chi connectivity index (χ3n) is 7.03. The molecule has 2 fully saturated rings. The van der Waals surface area contributed by atoms with Crippen molar-refractivity contribution in [1.29, 1.82) is 0 Å². The number of hydrogen-bond acceptors (Lipinski definition) is 9. The molecule has 37 heavy (non-hydrogen) atoms. The van der Waals surface area contributed by atoms with E-state index in [1.54, 1.807) is 29.6 Å². The number of aromatic nitrogens is 6. The molecule has 190 valence electrons. The number of nitrogens with zero attached hydrogens (tertiary/aromatic N) is 6. The molecule has 3 aromatic heterocycles. The second-order valence-electron chi connectivity index (χ2n) is 9.85.